The molecule has 1 fully saturated rings. The van der Waals surface area contributed by atoms with Crippen molar-refractivity contribution >= 4 is 17.8 Å². The predicted molar refractivity (Wildman–Crippen MR) is 101 cm³/mol. The number of hydrogen-bond acceptors (Lipinski definition) is 4. The maximum atomic E-state index is 12.4. The summed E-state index contributed by atoms with van der Waals surface area (Å²) in [7, 11) is 0. The Kier molecular flexibility index (Phi) is 5.60. The van der Waals surface area contributed by atoms with Crippen molar-refractivity contribution < 1.29 is 19.4 Å². The Morgan fingerprint density at radius 2 is 1.85 bits per heavy atom. The highest BCUT2D eigenvalue weighted by Crippen LogP contribution is 2.39. The molecule has 1 unspecified atom stereocenters. The molecule has 3 rings (SSSR count). The first-order valence-electron chi connectivity index (χ1n) is 9.48. The second-order valence-electron chi connectivity index (χ2n) is 8.32. The van der Waals surface area contributed by atoms with E-state index in [9.17, 15) is 14.7 Å². The molecular formula is C20H28N3O4-. The molecule has 0 aromatic heterocycles. The van der Waals surface area contributed by atoms with Gasteiger partial charge in [0.25, 0.3) is 0 Å². The van der Waals surface area contributed by atoms with Gasteiger partial charge in [-0.1, -0.05) is 26.8 Å². The average molecular weight is 374 g/mol. The number of rotatable bonds is 1. The van der Waals surface area contributed by atoms with Crippen LogP contribution in [0.3, 0.4) is 0 Å². The highest BCUT2D eigenvalue weighted by molar-refractivity contribution is 5.89. The van der Waals surface area contributed by atoms with E-state index in [1.165, 1.54) is 4.90 Å². The van der Waals surface area contributed by atoms with Crippen LogP contribution in [0.25, 0.3) is 0 Å². The minimum absolute atomic E-state index is 0.0666. The van der Waals surface area contributed by atoms with E-state index in [0.29, 0.717) is 45.8 Å². The Labute approximate surface area is 160 Å². The Morgan fingerprint density at radius 3 is 2.48 bits per heavy atom. The van der Waals surface area contributed by atoms with Crippen LogP contribution in [0.5, 0.6) is 0 Å². The lowest BCUT2D eigenvalue weighted by atomic mass is 9.75. The Morgan fingerprint density at radius 1 is 1.15 bits per heavy atom. The number of nitrogens with one attached hydrogen (secondary N) is 1. The van der Waals surface area contributed by atoms with E-state index in [1.54, 1.807) is 4.90 Å². The summed E-state index contributed by atoms with van der Waals surface area (Å²) in [6.45, 7) is 9.48. The third kappa shape index (κ3) is 4.53. The molecular weight excluding hydrogens is 346 g/mol. The number of benzene rings is 1. The molecule has 0 radical (unpaired) electrons. The summed E-state index contributed by atoms with van der Waals surface area (Å²) >= 11 is 0. The molecule has 0 bridgehead atoms. The molecule has 7 nitrogen and oxygen atoms in total. The first-order chi connectivity index (χ1) is 12.8. The van der Waals surface area contributed by atoms with E-state index in [-0.39, 0.29) is 17.4 Å². The fraction of sp³-hybridized carbons (Fsp3) is 0.600. The molecule has 7 heteroatoms. The van der Waals surface area contributed by atoms with Crippen LogP contribution in [0.4, 0.5) is 15.3 Å². The molecule has 2 aliphatic rings. The topological polar surface area (TPSA) is 84.9 Å². The summed E-state index contributed by atoms with van der Waals surface area (Å²) in [5, 5.41) is 14.4. The van der Waals surface area contributed by atoms with Crippen molar-refractivity contribution in [3.05, 3.63) is 29.3 Å². The molecule has 0 saturated carbocycles. The number of carbonyl (C=O) groups is 2. The van der Waals surface area contributed by atoms with Crippen molar-refractivity contribution in [2.45, 2.75) is 33.1 Å². The van der Waals surface area contributed by atoms with Gasteiger partial charge in [-0.2, -0.15) is 0 Å². The highest BCUT2D eigenvalue weighted by Gasteiger charge is 2.32. The van der Waals surface area contributed by atoms with Gasteiger partial charge in [0, 0.05) is 37.8 Å². The van der Waals surface area contributed by atoms with E-state index < -0.39 is 6.09 Å². The minimum Gasteiger partial charge on any atom is -0.530 e. The Bertz CT molecular complexity index is 708. The lowest BCUT2D eigenvalue weighted by molar-refractivity contribution is -0.265. The molecule has 27 heavy (non-hydrogen) atoms. The van der Waals surface area contributed by atoms with E-state index >= 15 is 0 Å². The molecule has 1 saturated heterocycles. The van der Waals surface area contributed by atoms with Crippen LogP contribution in [0.2, 0.25) is 0 Å². The van der Waals surface area contributed by atoms with Gasteiger partial charge in [-0.15, -0.1) is 0 Å². The SMILES string of the molecule is CC(C)(C)C1CN(C(=O)[O-])CCc2cc(NC(=O)N3CCOCC3)ccc21. The van der Waals surface area contributed by atoms with Gasteiger partial charge < -0.3 is 29.8 Å². The van der Waals surface area contributed by atoms with E-state index in [4.69, 9.17) is 4.74 Å². The lowest BCUT2D eigenvalue weighted by Crippen LogP contribution is -2.44. The lowest BCUT2D eigenvalue weighted by Gasteiger charge is -2.35. The normalized spacial score (nSPS) is 20.6. The first kappa shape index (κ1) is 19.5. The van der Waals surface area contributed by atoms with Crippen molar-refractivity contribution in [1.82, 2.24) is 9.80 Å². The minimum atomic E-state index is -1.13. The fourth-order valence-corrected chi connectivity index (χ4v) is 3.78. The zero-order valence-electron chi connectivity index (χ0n) is 16.3. The maximum Gasteiger partial charge on any atom is 0.321 e. The first-order valence-corrected chi connectivity index (χ1v) is 9.48. The molecule has 3 amide bonds. The van der Waals surface area contributed by atoms with Gasteiger partial charge in [-0.3, -0.25) is 0 Å². The molecule has 1 aromatic carbocycles. The van der Waals surface area contributed by atoms with Gasteiger partial charge in [0.15, 0.2) is 0 Å². The van der Waals surface area contributed by atoms with Gasteiger partial charge in [0.05, 0.1) is 13.2 Å². The molecule has 2 aliphatic heterocycles. The van der Waals surface area contributed by atoms with Crippen molar-refractivity contribution in [1.29, 1.82) is 0 Å². The molecule has 0 aliphatic carbocycles. The maximum absolute atomic E-state index is 12.4. The number of anilines is 1. The quantitative estimate of drug-likeness (QED) is 0.813. The molecule has 2 heterocycles. The number of ether oxygens (including phenoxy) is 1. The van der Waals surface area contributed by atoms with Gasteiger partial charge >= 0.3 is 6.03 Å². The van der Waals surface area contributed by atoms with Crippen LogP contribution in [0.15, 0.2) is 18.2 Å². The number of nitrogens with zero attached hydrogens (tertiary/aromatic N) is 2. The van der Waals surface area contributed by atoms with Crippen LogP contribution >= 0.6 is 0 Å². The molecule has 0 spiro atoms. The number of urea groups is 1. The van der Waals surface area contributed by atoms with Gasteiger partial charge in [-0.25, -0.2) is 4.79 Å². The Hall–Kier alpha value is -2.28. The van der Waals surface area contributed by atoms with Crippen LogP contribution in [0.1, 0.15) is 37.8 Å². The number of hydrogen-bond donors (Lipinski definition) is 1. The summed E-state index contributed by atoms with van der Waals surface area (Å²) in [5.41, 5.74) is 2.87. The second kappa shape index (κ2) is 7.76. The van der Waals surface area contributed by atoms with Crippen molar-refractivity contribution in [2.75, 3.05) is 44.7 Å². The predicted octanol–water partition coefficient (Wildman–Crippen LogP) is 1.88. The number of morpholine rings is 1. The number of fused-ring (bicyclic) bond motifs is 1. The molecule has 1 atom stereocenters. The summed E-state index contributed by atoms with van der Waals surface area (Å²) in [6.07, 6.45) is -0.519. The smallest absolute Gasteiger partial charge is 0.321 e. The third-order valence-corrected chi connectivity index (χ3v) is 5.43. The summed E-state index contributed by atoms with van der Waals surface area (Å²) in [5.74, 6) is 0.0666. The van der Waals surface area contributed by atoms with Crippen LogP contribution < -0.4 is 10.4 Å². The molecule has 148 valence electrons. The Balaban J connectivity index is 1.82. The van der Waals surface area contributed by atoms with Crippen LogP contribution in [-0.2, 0) is 11.2 Å². The number of amides is 3. The highest BCUT2D eigenvalue weighted by atomic mass is 16.5. The summed E-state index contributed by atoms with van der Waals surface area (Å²) < 4.78 is 5.28. The van der Waals surface area contributed by atoms with E-state index in [0.717, 1.165) is 16.8 Å². The molecule has 1 N–H and O–H groups in total. The number of carbonyl (C=O) groups excluding carboxylic acids is 2. The van der Waals surface area contributed by atoms with Crippen molar-refractivity contribution in [2.24, 2.45) is 5.41 Å². The van der Waals surface area contributed by atoms with Gasteiger partial charge in [-0.05, 0) is 35.1 Å². The largest absolute Gasteiger partial charge is 0.530 e. The zero-order chi connectivity index (χ0) is 19.6. The van der Waals surface area contributed by atoms with Crippen molar-refractivity contribution in [3.63, 3.8) is 0 Å². The standard InChI is InChI=1S/C20H29N3O4/c1-20(2,3)17-13-23(19(25)26)7-6-14-12-15(4-5-16(14)17)21-18(24)22-8-10-27-11-9-22/h4-5,12,17H,6-11,13H2,1-3H3,(H,21,24)(H,25,26)/p-1. The zero-order valence-corrected chi connectivity index (χ0v) is 16.3. The monoisotopic (exact) mass is 374 g/mol. The van der Waals surface area contributed by atoms with Crippen molar-refractivity contribution in [3.8, 4) is 0 Å². The average Bonchev–Trinajstić information content (AvgIpc) is 2.82. The molecule has 1 aromatic rings. The second-order valence-corrected chi connectivity index (χ2v) is 8.32. The van der Waals surface area contributed by atoms with Gasteiger partial charge in [0.2, 0.25) is 0 Å². The third-order valence-electron chi connectivity index (χ3n) is 5.43. The van der Waals surface area contributed by atoms with Crippen LogP contribution in [-0.4, -0.2) is 61.3 Å². The van der Waals surface area contributed by atoms with E-state index in [2.05, 4.69) is 26.1 Å². The summed E-state index contributed by atoms with van der Waals surface area (Å²) in [4.78, 5) is 27.0. The fourth-order valence-electron chi connectivity index (χ4n) is 3.78. The van der Waals surface area contributed by atoms with Gasteiger partial charge in [0.1, 0.15) is 6.09 Å². The van der Waals surface area contributed by atoms with Crippen LogP contribution in [0, 0.1) is 5.41 Å². The number of carboxylic acid groups (broad SMARTS) is 1. The van der Waals surface area contributed by atoms with E-state index in [1.807, 2.05) is 18.2 Å². The summed E-state index contributed by atoms with van der Waals surface area (Å²) in [6, 6.07) is 5.78.